The number of aromatic nitrogens is 3. The van der Waals surface area contributed by atoms with Crippen molar-refractivity contribution >= 4 is 5.78 Å². The highest BCUT2D eigenvalue weighted by Gasteiger charge is 2.14. The normalized spacial score (nSPS) is 12.1. The molecule has 86 valence electrons. The summed E-state index contributed by atoms with van der Waals surface area (Å²) in [7, 11) is 0. The molecule has 1 atom stereocenters. The van der Waals surface area contributed by atoms with Crippen LogP contribution in [0.25, 0.3) is 0 Å². The van der Waals surface area contributed by atoms with Crippen LogP contribution < -0.4 is 17.1 Å². The van der Waals surface area contributed by atoms with E-state index in [1.807, 2.05) is 0 Å². The van der Waals surface area contributed by atoms with Gasteiger partial charge in [-0.05, 0) is 6.08 Å². The van der Waals surface area contributed by atoms with Gasteiger partial charge in [0.15, 0.2) is 5.78 Å². The summed E-state index contributed by atoms with van der Waals surface area (Å²) in [6.07, 6.45) is -0.683. The second-order valence-corrected chi connectivity index (χ2v) is 2.92. The van der Waals surface area contributed by atoms with E-state index in [2.05, 4.69) is 6.58 Å². The van der Waals surface area contributed by atoms with Gasteiger partial charge in [0.1, 0.15) is 6.10 Å². The van der Waals surface area contributed by atoms with Gasteiger partial charge in [0, 0.05) is 0 Å². The van der Waals surface area contributed by atoms with Crippen LogP contribution in [-0.2, 0) is 11.3 Å². The second-order valence-electron chi connectivity index (χ2n) is 2.92. The molecule has 16 heavy (non-hydrogen) atoms. The van der Waals surface area contributed by atoms with Gasteiger partial charge in [0.2, 0.25) is 0 Å². The Morgan fingerprint density at radius 1 is 1.38 bits per heavy atom. The van der Waals surface area contributed by atoms with E-state index in [1.54, 1.807) is 9.97 Å². The van der Waals surface area contributed by atoms with Crippen molar-refractivity contribution in [3.63, 3.8) is 0 Å². The van der Waals surface area contributed by atoms with E-state index in [1.165, 1.54) is 0 Å². The van der Waals surface area contributed by atoms with Crippen molar-refractivity contribution in [2.45, 2.75) is 12.6 Å². The summed E-state index contributed by atoms with van der Waals surface area (Å²) >= 11 is 0. The van der Waals surface area contributed by atoms with Crippen molar-refractivity contribution in [3.8, 4) is 0 Å². The Morgan fingerprint density at radius 3 is 2.31 bits per heavy atom. The largest absolute Gasteiger partial charge is 0.383 e. The molecule has 0 radical (unpaired) electrons. The van der Waals surface area contributed by atoms with E-state index >= 15 is 0 Å². The van der Waals surface area contributed by atoms with Crippen LogP contribution in [0.2, 0.25) is 0 Å². The van der Waals surface area contributed by atoms with E-state index in [0.29, 0.717) is 4.57 Å². The molecule has 3 N–H and O–H groups in total. The first-order chi connectivity index (χ1) is 7.45. The maximum absolute atomic E-state index is 11.1. The van der Waals surface area contributed by atoms with Crippen LogP contribution in [0.1, 0.15) is 0 Å². The number of nitrogens with zero attached hydrogens (tertiary/aromatic N) is 1. The Kier molecular flexibility index (Phi) is 3.36. The fourth-order valence-electron chi connectivity index (χ4n) is 1.02. The summed E-state index contributed by atoms with van der Waals surface area (Å²) in [5.41, 5.74) is -2.94. The third-order valence-corrected chi connectivity index (χ3v) is 1.82. The zero-order chi connectivity index (χ0) is 12.3. The van der Waals surface area contributed by atoms with Crippen LogP contribution in [0.5, 0.6) is 0 Å². The van der Waals surface area contributed by atoms with E-state index < -0.39 is 35.5 Å². The van der Waals surface area contributed by atoms with Crippen LogP contribution in [0.15, 0.2) is 27.0 Å². The Bertz CT molecular complexity index is 544. The van der Waals surface area contributed by atoms with Crippen molar-refractivity contribution in [1.29, 1.82) is 0 Å². The van der Waals surface area contributed by atoms with Gasteiger partial charge in [0.05, 0.1) is 6.54 Å². The molecule has 1 heterocycles. The second kappa shape index (κ2) is 4.53. The minimum atomic E-state index is -1.55. The Hall–Kier alpha value is -2.22. The van der Waals surface area contributed by atoms with Crippen LogP contribution in [0.4, 0.5) is 0 Å². The van der Waals surface area contributed by atoms with Crippen LogP contribution in [0.3, 0.4) is 0 Å². The van der Waals surface area contributed by atoms with Crippen molar-refractivity contribution in [2.24, 2.45) is 0 Å². The highest BCUT2D eigenvalue weighted by atomic mass is 16.3. The van der Waals surface area contributed by atoms with Gasteiger partial charge in [-0.15, -0.1) is 0 Å². The Morgan fingerprint density at radius 2 is 1.88 bits per heavy atom. The summed E-state index contributed by atoms with van der Waals surface area (Å²) in [4.78, 5) is 47.5. The highest BCUT2D eigenvalue weighted by Crippen LogP contribution is 1.88. The fraction of sp³-hybridized carbons (Fsp3) is 0.250. The molecule has 0 aliphatic heterocycles. The predicted molar refractivity (Wildman–Crippen MR) is 53.2 cm³/mol. The average molecular weight is 227 g/mol. The number of ketones is 1. The molecule has 8 nitrogen and oxygen atoms in total. The van der Waals surface area contributed by atoms with E-state index in [-0.39, 0.29) is 0 Å². The summed E-state index contributed by atoms with van der Waals surface area (Å²) in [6.45, 7) is 2.60. The van der Waals surface area contributed by atoms with Crippen LogP contribution in [-0.4, -0.2) is 31.5 Å². The van der Waals surface area contributed by atoms with E-state index in [9.17, 15) is 24.3 Å². The first-order valence-corrected chi connectivity index (χ1v) is 4.23. The van der Waals surface area contributed by atoms with Gasteiger partial charge >= 0.3 is 17.1 Å². The monoisotopic (exact) mass is 227 g/mol. The van der Waals surface area contributed by atoms with E-state index in [0.717, 1.165) is 6.08 Å². The summed E-state index contributed by atoms with van der Waals surface area (Å²) in [6, 6.07) is 0. The summed E-state index contributed by atoms with van der Waals surface area (Å²) < 4.78 is 0.507. The molecule has 0 saturated carbocycles. The molecule has 1 rings (SSSR count). The number of nitrogens with one attached hydrogen (secondary N) is 2. The standard InChI is InChI=1S/C8H9N3O5/c1-2-4(12)5(13)3-11-7(15)9-6(14)10-8(11)16/h2,5,13H,1,3H2,(H2,9,10,14,15,16). The Balaban J connectivity index is 3.12. The van der Waals surface area contributed by atoms with Crippen molar-refractivity contribution in [1.82, 2.24) is 14.5 Å². The number of carbonyl (C=O) groups is 1. The van der Waals surface area contributed by atoms with Gasteiger partial charge in [-0.25, -0.2) is 19.0 Å². The molecule has 8 heteroatoms. The summed E-state index contributed by atoms with van der Waals surface area (Å²) in [5.74, 6) is -0.725. The third kappa shape index (κ3) is 2.42. The zero-order valence-corrected chi connectivity index (χ0v) is 8.10. The van der Waals surface area contributed by atoms with Gasteiger partial charge < -0.3 is 5.11 Å². The number of hydrogen-bond donors (Lipinski definition) is 3. The molecule has 0 spiro atoms. The molecular weight excluding hydrogens is 218 g/mol. The molecule has 0 aliphatic carbocycles. The Labute approximate surface area is 87.9 Å². The third-order valence-electron chi connectivity index (χ3n) is 1.82. The average Bonchev–Trinajstić information content (AvgIpc) is 2.21. The smallest absolute Gasteiger partial charge is 0.333 e. The number of hydrogen-bond acceptors (Lipinski definition) is 5. The number of rotatable bonds is 4. The minimum Gasteiger partial charge on any atom is -0.383 e. The van der Waals surface area contributed by atoms with Crippen LogP contribution >= 0.6 is 0 Å². The number of H-pyrrole nitrogens is 2. The SMILES string of the molecule is C=CC(=O)C(O)Cn1c(=O)[nH]c(=O)[nH]c1=O. The number of carbonyl (C=O) groups excluding carboxylic acids is 1. The first-order valence-electron chi connectivity index (χ1n) is 4.23. The van der Waals surface area contributed by atoms with Crippen LogP contribution in [0, 0.1) is 0 Å². The topological polar surface area (TPSA) is 125 Å². The lowest BCUT2D eigenvalue weighted by Gasteiger charge is -2.07. The van der Waals surface area contributed by atoms with Crippen molar-refractivity contribution in [2.75, 3.05) is 0 Å². The lowest BCUT2D eigenvalue weighted by atomic mass is 10.2. The highest BCUT2D eigenvalue weighted by molar-refractivity contribution is 5.92. The molecule has 0 saturated heterocycles. The lowest BCUT2D eigenvalue weighted by molar-refractivity contribution is -0.122. The molecule has 1 unspecified atom stereocenters. The molecule has 0 aliphatic rings. The molecular formula is C8H9N3O5. The molecule has 0 bridgehead atoms. The maximum Gasteiger partial charge on any atom is 0.333 e. The maximum atomic E-state index is 11.1. The van der Waals surface area contributed by atoms with E-state index in [4.69, 9.17) is 0 Å². The van der Waals surface area contributed by atoms with Gasteiger partial charge in [-0.3, -0.25) is 14.8 Å². The molecule has 1 aromatic rings. The van der Waals surface area contributed by atoms with Gasteiger partial charge in [-0.2, -0.15) is 0 Å². The fourth-order valence-corrected chi connectivity index (χ4v) is 1.02. The first kappa shape index (κ1) is 11.9. The van der Waals surface area contributed by atoms with Gasteiger partial charge in [-0.1, -0.05) is 6.58 Å². The molecule has 0 aromatic carbocycles. The van der Waals surface area contributed by atoms with Crippen molar-refractivity contribution < 1.29 is 9.90 Å². The van der Waals surface area contributed by atoms with Gasteiger partial charge in [0.25, 0.3) is 0 Å². The van der Waals surface area contributed by atoms with Crippen molar-refractivity contribution in [3.05, 3.63) is 44.1 Å². The summed E-state index contributed by atoms with van der Waals surface area (Å²) in [5, 5.41) is 9.26. The number of aliphatic hydroxyl groups is 1. The molecule has 0 amide bonds. The minimum absolute atomic E-state index is 0.507. The molecule has 0 fully saturated rings. The zero-order valence-electron chi connectivity index (χ0n) is 8.10. The predicted octanol–water partition coefficient (Wildman–Crippen LogP) is -2.66. The molecule has 1 aromatic heterocycles. The lowest BCUT2D eigenvalue weighted by Crippen LogP contribution is -2.46. The quantitative estimate of drug-likeness (QED) is 0.484. The number of aromatic amines is 2. The number of aliphatic hydroxyl groups excluding tert-OH is 1.